The van der Waals surface area contributed by atoms with Gasteiger partial charge in [0, 0.05) is 19.1 Å². The van der Waals surface area contributed by atoms with E-state index in [-0.39, 0.29) is 5.97 Å². The lowest BCUT2D eigenvalue weighted by Gasteiger charge is -2.30. The molecule has 1 atom stereocenters. The molecule has 0 bridgehead atoms. The van der Waals surface area contributed by atoms with Crippen LogP contribution in [0.5, 0.6) is 0 Å². The second-order valence-corrected chi connectivity index (χ2v) is 4.68. The van der Waals surface area contributed by atoms with E-state index in [2.05, 4.69) is 53.1 Å². The average molecular weight is 278 g/mol. The second-order valence-electron chi connectivity index (χ2n) is 4.68. The van der Waals surface area contributed by atoms with E-state index in [1.54, 1.807) is 0 Å². The summed E-state index contributed by atoms with van der Waals surface area (Å²) in [5.41, 5.74) is 1.31. The summed E-state index contributed by atoms with van der Waals surface area (Å²) < 4.78 is 4.64. The van der Waals surface area contributed by atoms with Gasteiger partial charge in [0.05, 0.1) is 13.5 Å². The minimum Gasteiger partial charge on any atom is -0.469 e. The number of methoxy groups -OCH3 is 1. The summed E-state index contributed by atoms with van der Waals surface area (Å²) in [6.45, 7) is 7.85. The maximum absolute atomic E-state index is 11.1. The summed E-state index contributed by atoms with van der Waals surface area (Å²) in [4.78, 5) is 13.5. The molecule has 1 unspecified atom stereocenters. The van der Waals surface area contributed by atoms with Crippen molar-refractivity contribution in [1.82, 2.24) is 10.2 Å². The Kier molecular flexibility index (Phi) is 7.92. The topological polar surface area (TPSA) is 41.6 Å². The number of nitrogens with zero attached hydrogens (tertiary/aromatic N) is 1. The molecule has 1 rings (SSSR count). The van der Waals surface area contributed by atoms with Crippen molar-refractivity contribution in [2.24, 2.45) is 0 Å². The van der Waals surface area contributed by atoms with Gasteiger partial charge in [0.25, 0.3) is 0 Å². The molecule has 0 aliphatic heterocycles. The van der Waals surface area contributed by atoms with E-state index in [1.807, 2.05) is 6.07 Å². The smallest absolute Gasteiger partial charge is 0.306 e. The Hall–Kier alpha value is -1.39. The molecular weight excluding hydrogens is 252 g/mol. The molecule has 0 saturated carbocycles. The molecule has 0 fully saturated rings. The summed E-state index contributed by atoms with van der Waals surface area (Å²) in [6.07, 6.45) is 0.413. The van der Waals surface area contributed by atoms with Gasteiger partial charge in [-0.3, -0.25) is 9.69 Å². The third-order valence-electron chi connectivity index (χ3n) is 3.51. The van der Waals surface area contributed by atoms with Gasteiger partial charge in [-0.05, 0) is 18.7 Å². The van der Waals surface area contributed by atoms with E-state index < -0.39 is 0 Å². The molecule has 0 heterocycles. The molecule has 1 aromatic rings. The third kappa shape index (κ3) is 5.31. The van der Waals surface area contributed by atoms with Crippen molar-refractivity contribution in [1.29, 1.82) is 0 Å². The van der Waals surface area contributed by atoms with Gasteiger partial charge in [-0.25, -0.2) is 0 Å². The van der Waals surface area contributed by atoms with E-state index in [0.29, 0.717) is 19.0 Å². The normalized spacial score (nSPS) is 12.4. The Morgan fingerprint density at radius 3 is 2.45 bits per heavy atom. The van der Waals surface area contributed by atoms with E-state index in [1.165, 1.54) is 12.7 Å². The van der Waals surface area contributed by atoms with Crippen LogP contribution >= 0.6 is 0 Å². The zero-order valence-corrected chi connectivity index (χ0v) is 12.8. The fourth-order valence-electron chi connectivity index (χ4n) is 2.33. The molecule has 1 N–H and O–H groups in total. The Morgan fingerprint density at radius 1 is 1.25 bits per heavy atom. The third-order valence-corrected chi connectivity index (χ3v) is 3.51. The summed E-state index contributed by atoms with van der Waals surface area (Å²) in [5.74, 6) is -0.170. The van der Waals surface area contributed by atoms with Crippen LogP contribution in [-0.4, -0.2) is 44.2 Å². The maximum Gasteiger partial charge on any atom is 0.306 e. The standard InChI is InChI=1S/C16H26N2O2/c1-4-18(5-2)15(14-9-7-6-8-10-14)13-17-12-11-16(19)20-3/h6-10,15,17H,4-5,11-13H2,1-3H3. The lowest BCUT2D eigenvalue weighted by molar-refractivity contribution is -0.140. The number of likely N-dealkylation sites (N-methyl/N-ethyl adjacent to an activating group) is 1. The number of ether oxygens (including phenoxy) is 1. The first-order chi connectivity index (χ1) is 9.72. The lowest BCUT2D eigenvalue weighted by atomic mass is 10.1. The quantitative estimate of drug-likeness (QED) is 0.555. The van der Waals surface area contributed by atoms with Crippen LogP contribution in [0.4, 0.5) is 0 Å². The number of hydrogen-bond acceptors (Lipinski definition) is 4. The van der Waals surface area contributed by atoms with Crippen molar-refractivity contribution in [2.75, 3.05) is 33.3 Å². The fourth-order valence-corrected chi connectivity index (χ4v) is 2.33. The Labute approximate surface area is 122 Å². The van der Waals surface area contributed by atoms with Crippen molar-refractivity contribution < 1.29 is 9.53 Å². The number of rotatable bonds is 9. The van der Waals surface area contributed by atoms with Gasteiger partial charge in [-0.2, -0.15) is 0 Å². The Morgan fingerprint density at radius 2 is 1.90 bits per heavy atom. The highest BCUT2D eigenvalue weighted by Crippen LogP contribution is 2.19. The highest BCUT2D eigenvalue weighted by Gasteiger charge is 2.17. The minimum atomic E-state index is -0.170. The summed E-state index contributed by atoms with van der Waals surface area (Å²) >= 11 is 0. The van der Waals surface area contributed by atoms with Crippen molar-refractivity contribution >= 4 is 5.97 Å². The molecule has 0 spiro atoms. The van der Waals surface area contributed by atoms with Crippen LogP contribution in [0.2, 0.25) is 0 Å². The number of carbonyl (C=O) groups is 1. The molecule has 4 nitrogen and oxygen atoms in total. The number of hydrogen-bond donors (Lipinski definition) is 1. The van der Waals surface area contributed by atoms with Gasteiger partial charge >= 0.3 is 5.97 Å². The molecule has 0 amide bonds. The number of esters is 1. The lowest BCUT2D eigenvalue weighted by Crippen LogP contribution is -2.36. The molecule has 0 radical (unpaired) electrons. The van der Waals surface area contributed by atoms with Gasteiger partial charge in [-0.1, -0.05) is 44.2 Å². The Balaban J connectivity index is 2.58. The molecule has 0 saturated heterocycles. The predicted octanol–water partition coefficient (Wildman–Crippen LogP) is 2.22. The molecule has 112 valence electrons. The maximum atomic E-state index is 11.1. The first kappa shape index (κ1) is 16.7. The second kappa shape index (κ2) is 9.50. The number of benzene rings is 1. The summed E-state index contributed by atoms with van der Waals surface area (Å²) in [6, 6.07) is 10.8. The van der Waals surface area contributed by atoms with Crippen LogP contribution in [-0.2, 0) is 9.53 Å². The van der Waals surface area contributed by atoms with Crippen LogP contribution in [0, 0.1) is 0 Å². The molecule has 1 aromatic carbocycles. The van der Waals surface area contributed by atoms with E-state index >= 15 is 0 Å². The van der Waals surface area contributed by atoms with Crippen LogP contribution in [0.1, 0.15) is 31.9 Å². The first-order valence-electron chi connectivity index (χ1n) is 7.29. The van der Waals surface area contributed by atoms with E-state index in [9.17, 15) is 4.79 Å². The first-order valence-corrected chi connectivity index (χ1v) is 7.29. The number of carbonyl (C=O) groups excluding carboxylic acids is 1. The Bertz CT molecular complexity index is 377. The highest BCUT2D eigenvalue weighted by molar-refractivity contribution is 5.69. The van der Waals surface area contributed by atoms with E-state index in [4.69, 9.17) is 0 Å². The van der Waals surface area contributed by atoms with Gasteiger partial charge in [0.2, 0.25) is 0 Å². The van der Waals surface area contributed by atoms with E-state index in [0.717, 1.165) is 19.6 Å². The van der Waals surface area contributed by atoms with Crippen molar-refractivity contribution in [2.45, 2.75) is 26.3 Å². The fraction of sp³-hybridized carbons (Fsp3) is 0.562. The van der Waals surface area contributed by atoms with Crippen LogP contribution < -0.4 is 5.32 Å². The molecular formula is C16H26N2O2. The average Bonchev–Trinajstić information content (AvgIpc) is 2.51. The monoisotopic (exact) mass is 278 g/mol. The van der Waals surface area contributed by atoms with Crippen molar-refractivity contribution in [3.05, 3.63) is 35.9 Å². The zero-order valence-electron chi connectivity index (χ0n) is 12.8. The number of nitrogens with one attached hydrogen (secondary N) is 1. The van der Waals surface area contributed by atoms with Gasteiger partial charge in [-0.15, -0.1) is 0 Å². The van der Waals surface area contributed by atoms with Crippen molar-refractivity contribution in [3.63, 3.8) is 0 Å². The van der Waals surface area contributed by atoms with Crippen LogP contribution in [0.3, 0.4) is 0 Å². The molecule has 0 aromatic heterocycles. The summed E-state index contributed by atoms with van der Waals surface area (Å²) in [7, 11) is 1.42. The van der Waals surface area contributed by atoms with Crippen LogP contribution in [0.15, 0.2) is 30.3 Å². The molecule has 0 aliphatic rings. The largest absolute Gasteiger partial charge is 0.469 e. The van der Waals surface area contributed by atoms with Gasteiger partial charge in [0.1, 0.15) is 0 Å². The predicted molar refractivity (Wildman–Crippen MR) is 81.6 cm³/mol. The zero-order chi connectivity index (χ0) is 14.8. The van der Waals surface area contributed by atoms with Gasteiger partial charge < -0.3 is 10.1 Å². The molecule has 20 heavy (non-hydrogen) atoms. The van der Waals surface area contributed by atoms with Crippen LogP contribution in [0.25, 0.3) is 0 Å². The minimum absolute atomic E-state index is 0.170. The highest BCUT2D eigenvalue weighted by atomic mass is 16.5. The molecule has 0 aliphatic carbocycles. The van der Waals surface area contributed by atoms with Crippen molar-refractivity contribution in [3.8, 4) is 0 Å². The summed E-state index contributed by atoms with van der Waals surface area (Å²) in [5, 5.41) is 3.36. The van der Waals surface area contributed by atoms with Gasteiger partial charge in [0.15, 0.2) is 0 Å². The SMILES string of the molecule is CCN(CC)C(CNCCC(=O)OC)c1ccccc1. The molecule has 4 heteroatoms.